The third-order valence-corrected chi connectivity index (χ3v) is 2.63. The Bertz CT molecular complexity index is 444. The average Bonchev–Trinajstić information content (AvgIpc) is 2.25. The van der Waals surface area contributed by atoms with E-state index >= 15 is 0 Å². The van der Waals surface area contributed by atoms with Gasteiger partial charge in [-0.3, -0.25) is 4.79 Å². The van der Waals surface area contributed by atoms with Crippen LogP contribution in [-0.4, -0.2) is 11.9 Å². The van der Waals surface area contributed by atoms with Gasteiger partial charge in [0.25, 0.3) is 0 Å². The summed E-state index contributed by atoms with van der Waals surface area (Å²) in [4.78, 5) is 11.6. The second-order valence-electron chi connectivity index (χ2n) is 3.99. The molecule has 0 fully saturated rings. The van der Waals surface area contributed by atoms with Crippen molar-refractivity contribution in [1.29, 1.82) is 0 Å². The molecular weight excluding hydrogens is 188 g/mol. The van der Waals surface area contributed by atoms with E-state index in [9.17, 15) is 4.79 Å². The Balaban J connectivity index is 2.57. The molecule has 2 rings (SSSR count). The molecule has 0 saturated carbocycles. The molecule has 1 heterocycles. The highest BCUT2D eigenvalue weighted by atomic mass is 16.5. The molecule has 0 aromatic heterocycles. The molecule has 0 aliphatic carbocycles. The van der Waals surface area contributed by atoms with Crippen LogP contribution in [0.25, 0.3) is 5.57 Å². The van der Waals surface area contributed by atoms with E-state index in [2.05, 4.69) is 0 Å². The fourth-order valence-electron chi connectivity index (χ4n) is 1.71. The normalized spacial score (nSPS) is 20.1. The van der Waals surface area contributed by atoms with Crippen LogP contribution in [0.15, 0.2) is 24.3 Å². The molecule has 1 atom stereocenters. The number of fused-ring (bicyclic) bond motifs is 1. The van der Waals surface area contributed by atoms with Gasteiger partial charge in [-0.1, -0.05) is 12.1 Å². The molecule has 0 radical (unpaired) electrons. The van der Waals surface area contributed by atoms with E-state index in [1.807, 2.05) is 32.0 Å². The molecule has 78 valence electrons. The first-order valence-corrected chi connectivity index (χ1v) is 5.08. The molecule has 1 unspecified atom stereocenters. The van der Waals surface area contributed by atoms with Crippen molar-refractivity contribution < 1.29 is 9.53 Å². The fourth-order valence-corrected chi connectivity index (χ4v) is 1.71. The van der Waals surface area contributed by atoms with Crippen LogP contribution in [0.5, 0.6) is 5.75 Å². The van der Waals surface area contributed by atoms with Gasteiger partial charge in [-0.2, -0.15) is 0 Å². The smallest absolute Gasteiger partial charge is 0.196 e. The van der Waals surface area contributed by atoms with Crippen molar-refractivity contribution in [3.8, 4) is 5.75 Å². The Morgan fingerprint density at radius 2 is 2.00 bits per heavy atom. The van der Waals surface area contributed by atoms with Crippen LogP contribution in [-0.2, 0) is 4.79 Å². The average molecular weight is 202 g/mol. The number of ketones is 1. The number of allylic oxidation sites excluding steroid dienone is 1. The maximum absolute atomic E-state index is 11.6. The van der Waals surface area contributed by atoms with E-state index in [0.29, 0.717) is 0 Å². The lowest BCUT2D eigenvalue weighted by Crippen LogP contribution is -2.20. The highest BCUT2D eigenvalue weighted by Gasteiger charge is 2.19. The van der Waals surface area contributed by atoms with Gasteiger partial charge in [0, 0.05) is 5.56 Å². The lowest BCUT2D eigenvalue weighted by molar-refractivity contribution is -0.120. The second kappa shape index (κ2) is 3.54. The van der Waals surface area contributed by atoms with Crippen molar-refractivity contribution in [3.05, 3.63) is 35.4 Å². The Kier molecular flexibility index (Phi) is 2.35. The highest BCUT2D eigenvalue weighted by Crippen LogP contribution is 2.30. The standard InChI is InChI=1S/C13H14O2/c1-8-4-5-11-9(2)7-12(14)10(3)15-13(11)6-8/h4-7,10H,1-3H3. The second-order valence-corrected chi connectivity index (χ2v) is 3.99. The lowest BCUT2D eigenvalue weighted by atomic mass is 10.0. The molecule has 0 spiro atoms. The third kappa shape index (κ3) is 1.80. The summed E-state index contributed by atoms with van der Waals surface area (Å²) in [6.07, 6.45) is 1.27. The van der Waals surface area contributed by atoms with Crippen molar-refractivity contribution in [2.24, 2.45) is 0 Å². The van der Waals surface area contributed by atoms with Crippen LogP contribution >= 0.6 is 0 Å². The molecule has 0 saturated heterocycles. The lowest BCUT2D eigenvalue weighted by Gasteiger charge is -2.12. The summed E-state index contributed by atoms with van der Waals surface area (Å²) in [5, 5.41) is 0. The number of carbonyl (C=O) groups is 1. The first kappa shape index (κ1) is 9.97. The van der Waals surface area contributed by atoms with Crippen molar-refractivity contribution in [2.45, 2.75) is 26.9 Å². The van der Waals surface area contributed by atoms with Crippen molar-refractivity contribution in [1.82, 2.24) is 0 Å². The zero-order valence-electron chi connectivity index (χ0n) is 9.20. The van der Waals surface area contributed by atoms with Gasteiger partial charge in [0.1, 0.15) is 5.75 Å². The Hall–Kier alpha value is -1.57. The van der Waals surface area contributed by atoms with Gasteiger partial charge in [-0.15, -0.1) is 0 Å². The highest BCUT2D eigenvalue weighted by molar-refractivity contribution is 6.00. The van der Waals surface area contributed by atoms with Crippen LogP contribution in [0.2, 0.25) is 0 Å². The molecule has 1 aromatic rings. The summed E-state index contributed by atoms with van der Waals surface area (Å²) < 4.78 is 5.62. The Morgan fingerprint density at radius 1 is 1.27 bits per heavy atom. The maximum Gasteiger partial charge on any atom is 0.196 e. The molecule has 2 nitrogen and oxygen atoms in total. The predicted molar refractivity (Wildman–Crippen MR) is 59.9 cm³/mol. The van der Waals surface area contributed by atoms with E-state index in [1.54, 1.807) is 13.0 Å². The maximum atomic E-state index is 11.6. The molecule has 2 heteroatoms. The topological polar surface area (TPSA) is 26.3 Å². The first-order valence-electron chi connectivity index (χ1n) is 5.08. The molecule has 15 heavy (non-hydrogen) atoms. The van der Waals surface area contributed by atoms with Gasteiger partial charge in [-0.25, -0.2) is 0 Å². The minimum Gasteiger partial charge on any atom is -0.482 e. The van der Waals surface area contributed by atoms with E-state index in [-0.39, 0.29) is 11.9 Å². The van der Waals surface area contributed by atoms with E-state index < -0.39 is 0 Å². The number of carbonyl (C=O) groups excluding carboxylic acids is 1. The van der Waals surface area contributed by atoms with Gasteiger partial charge >= 0.3 is 0 Å². The molecule has 0 N–H and O–H groups in total. The molecular formula is C13H14O2. The Labute approximate surface area is 89.6 Å². The molecule has 1 aromatic carbocycles. The summed E-state index contributed by atoms with van der Waals surface area (Å²) >= 11 is 0. The summed E-state index contributed by atoms with van der Waals surface area (Å²) in [5.41, 5.74) is 3.13. The summed E-state index contributed by atoms with van der Waals surface area (Å²) in [6, 6.07) is 6.00. The van der Waals surface area contributed by atoms with Crippen LogP contribution in [0.1, 0.15) is 25.0 Å². The number of benzene rings is 1. The van der Waals surface area contributed by atoms with Gasteiger partial charge < -0.3 is 4.74 Å². The Morgan fingerprint density at radius 3 is 2.73 bits per heavy atom. The largest absolute Gasteiger partial charge is 0.482 e. The number of aryl methyl sites for hydroxylation is 1. The van der Waals surface area contributed by atoms with Gasteiger partial charge in [-0.05, 0) is 44.1 Å². The number of rotatable bonds is 0. The van der Waals surface area contributed by atoms with E-state index in [4.69, 9.17) is 4.74 Å². The number of ether oxygens (including phenoxy) is 1. The van der Waals surface area contributed by atoms with Crippen LogP contribution in [0.4, 0.5) is 0 Å². The molecule has 0 bridgehead atoms. The van der Waals surface area contributed by atoms with Crippen molar-refractivity contribution >= 4 is 11.4 Å². The SMILES string of the molecule is CC1=CC(=O)C(C)Oc2cc(C)ccc21. The summed E-state index contributed by atoms with van der Waals surface area (Å²) in [5.74, 6) is 0.837. The molecule has 0 amide bonds. The van der Waals surface area contributed by atoms with E-state index in [1.165, 1.54) is 0 Å². The van der Waals surface area contributed by atoms with Crippen molar-refractivity contribution in [2.75, 3.05) is 0 Å². The van der Waals surface area contributed by atoms with Crippen LogP contribution in [0, 0.1) is 6.92 Å². The van der Waals surface area contributed by atoms with Gasteiger partial charge in [0.2, 0.25) is 0 Å². The zero-order chi connectivity index (χ0) is 11.0. The fraction of sp³-hybridized carbons (Fsp3) is 0.308. The number of hydrogen-bond donors (Lipinski definition) is 0. The molecule has 1 aliphatic heterocycles. The molecule has 1 aliphatic rings. The van der Waals surface area contributed by atoms with Crippen molar-refractivity contribution in [3.63, 3.8) is 0 Å². The quantitative estimate of drug-likeness (QED) is 0.646. The van der Waals surface area contributed by atoms with Crippen LogP contribution < -0.4 is 4.74 Å². The summed E-state index contributed by atoms with van der Waals surface area (Å²) in [7, 11) is 0. The van der Waals surface area contributed by atoms with Gasteiger partial charge in [0.15, 0.2) is 11.9 Å². The van der Waals surface area contributed by atoms with E-state index in [0.717, 1.165) is 22.4 Å². The minimum absolute atomic E-state index is 0.0290. The summed E-state index contributed by atoms with van der Waals surface area (Å²) in [6.45, 7) is 5.73. The first-order chi connectivity index (χ1) is 7.08. The minimum atomic E-state index is -0.386. The predicted octanol–water partition coefficient (Wildman–Crippen LogP) is 2.75. The monoisotopic (exact) mass is 202 g/mol. The number of hydrogen-bond acceptors (Lipinski definition) is 2. The van der Waals surface area contributed by atoms with Crippen LogP contribution in [0.3, 0.4) is 0 Å². The zero-order valence-corrected chi connectivity index (χ0v) is 9.20. The third-order valence-electron chi connectivity index (χ3n) is 2.63. The van der Waals surface area contributed by atoms with Gasteiger partial charge in [0.05, 0.1) is 0 Å².